The molecule has 0 heterocycles. The van der Waals surface area contributed by atoms with Crippen LogP contribution in [0, 0.1) is 6.92 Å². The van der Waals surface area contributed by atoms with Crippen molar-refractivity contribution in [3.05, 3.63) is 29.3 Å². The maximum absolute atomic E-state index is 11.4. The Balaban J connectivity index is 2.53. The van der Waals surface area contributed by atoms with E-state index in [1.54, 1.807) is 19.1 Å². The van der Waals surface area contributed by atoms with E-state index in [2.05, 4.69) is 0 Å². The van der Waals surface area contributed by atoms with E-state index in [0.29, 0.717) is 12.2 Å². The minimum Gasteiger partial charge on any atom is -0.507 e. The summed E-state index contributed by atoms with van der Waals surface area (Å²) in [5.41, 5.74) is 1.40. The number of phenolic OH excluding ortho intramolecular Hbond substituents is 1. The minimum atomic E-state index is -0.283. The van der Waals surface area contributed by atoms with Gasteiger partial charge < -0.3 is 9.84 Å². The Morgan fingerprint density at radius 2 is 2.19 bits per heavy atom. The van der Waals surface area contributed by atoms with Crippen molar-refractivity contribution < 1.29 is 14.6 Å². The van der Waals surface area contributed by atoms with E-state index in [0.717, 1.165) is 18.4 Å². The highest BCUT2D eigenvalue weighted by molar-refractivity contribution is 5.73. The molecule has 0 radical (unpaired) electrons. The molecule has 16 heavy (non-hydrogen) atoms. The Labute approximate surface area is 96.1 Å². The van der Waals surface area contributed by atoms with E-state index in [9.17, 15) is 9.90 Å². The molecule has 1 aromatic carbocycles. The molecule has 0 aliphatic heterocycles. The summed E-state index contributed by atoms with van der Waals surface area (Å²) in [7, 11) is 0. The van der Waals surface area contributed by atoms with Crippen LogP contribution in [0.2, 0.25) is 0 Å². The van der Waals surface area contributed by atoms with Crippen molar-refractivity contribution >= 4 is 5.97 Å². The number of phenols is 1. The highest BCUT2D eigenvalue weighted by Gasteiger charge is 2.09. The summed E-state index contributed by atoms with van der Waals surface area (Å²) in [6, 6.07) is 5.37. The molecule has 0 aliphatic rings. The number of hydrogen-bond donors (Lipinski definition) is 1. The summed E-state index contributed by atoms with van der Waals surface area (Å²) in [5, 5.41) is 9.71. The third kappa shape index (κ3) is 3.57. The normalized spacial score (nSPS) is 10.1. The van der Waals surface area contributed by atoms with Gasteiger partial charge in [0.1, 0.15) is 5.75 Å². The maximum atomic E-state index is 11.4. The van der Waals surface area contributed by atoms with Crippen LogP contribution in [-0.4, -0.2) is 17.7 Å². The van der Waals surface area contributed by atoms with Crippen LogP contribution in [0.1, 0.15) is 30.9 Å². The Hall–Kier alpha value is -1.51. The van der Waals surface area contributed by atoms with Crippen molar-refractivity contribution in [2.75, 3.05) is 6.61 Å². The molecular weight excluding hydrogens is 204 g/mol. The third-order valence-electron chi connectivity index (χ3n) is 2.42. The maximum Gasteiger partial charge on any atom is 0.310 e. The number of para-hydroxylation sites is 1. The lowest BCUT2D eigenvalue weighted by molar-refractivity contribution is -0.142. The number of ether oxygens (including phenoxy) is 1. The molecule has 0 aromatic heterocycles. The number of unbranched alkanes of at least 4 members (excludes halogenated alkanes) is 1. The number of esters is 1. The zero-order chi connectivity index (χ0) is 12.0. The molecule has 88 valence electrons. The molecule has 0 bridgehead atoms. The molecule has 3 heteroatoms. The SMILES string of the molecule is CCCCOC(=O)Cc1cccc(C)c1O. The van der Waals surface area contributed by atoms with E-state index in [1.165, 1.54) is 0 Å². The number of aryl methyl sites for hydroxylation is 1. The van der Waals surface area contributed by atoms with Gasteiger partial charge in [-0.25, -0.2) is 0 Å². The number of benzene rings is 1. The fraction of sp³-hybridized carbons (Fsp3) is 0.462. The van der Waals surface area contributed by atoms with Gasteiger partial charge in [0, 0.05) is 5.56 Å². The highest BCUT2D eigenvalue weighted by atomic mass is 16.5. The molecular formula is C13H18O3. The van der Waals surface area contributed by atoms with Gasteiger partial charge in [0.15, 0.2) is 0 Å². The average molecular weight is 222 g/mol. The second-order valence-corrected chi connectivity index (χ2v) is 3.83. The summed E-state index contributed by atoms with van der Waals surface area (Å²) in [6.45, 7) is 4.31. The lowest BCUT2D eigenvalue weighted by atomic mass is 10.1. The zero-order valence-electron chi connectivity index (χ0n) is 9.82. The number of rotatable bonds is 5. The van der Waals surface area contributed by atoms with Crippen LogP contribution in [0.3, 0.4) is 0 Å². The van der Waals surface area contributed by atoms with Gasteiger partial charge in [-0.15, -0.1) is 0 Å². The average Bonchev–Trinajstić information content (AvgIpc) is 2.25. The summed E-state index contributed by atoms with van der Waals surface area (Å²) >= 11 is 0. The van der Waals surface area contributed by atoms with Crippen molar-refractivity contribution in [3.63, 3.8) is 0 Å². The predicted molar refractivity (Wildman–Crippen MR) is 62.4 cm³/mol. The van der Waals surface area contributed by atoms with Crippen LogP contribution in [-0.2, 0) is 16.0 Å². The number of aromatic hydroxyl groups is 1. The summed E-state index contributed by atoms with van der Waals surface area (Å²) in [5.74, 6) is -0.0932. The molecule has 0 unspecified atom stereocenters. The van der Waals surface area contributed by atoms with Gasteiger partial charge in [0.2, 0.25) is 0 Å². The Kier molecular flexibility index (Phi) is 4.83. The first-order chi connectivity index (χ1) is 7.65. The van der Waals surface area contributed by atoms with E-state index in [4.69, 9.17) is 4.74 Å². The Bertz CT molecular complexity index is 358. The minimum absolute atomic E-state index is 0.136. The fourth-order valence-electron chi connectivity index (χ4n) is 1.40. The molecule has 3 nitrogen and oxygen atoms in total. The standard InChI is InChI=1S/C13H18O3/c1-3-4-8-16-12(14)9-11-7-5-6-10(2)13(11)15/h5-7,15H,3-4,8-9H2,1-2H3. The molecule has 0 aliphatic carbocycles. The lowest BCUT2D eigenvalue weighted by Crippen LogP contribution is -2.09. The molecule has 0 amide bonds. The molecule has 0 spiro atoms. The van der Waals surface area contributed by atoms with Crippen molar-refractivity contribution in [1.29, 1.82) is 0 Å². The fourth-order valence-corrected chi connectivity index (χ4v) is 1.40. The molecule has 0 atom stereocenters. The Morgan fingerprint density at radius 1 is 1.44 bits per heavy atom. The second kappa shape index (κ2) is 6.16. The van der Waals surface area contributed by atoms with E-state index < -0.39 is 0 Å². The van der Waals surface area contributed by atoms with Crippen molar-refractivity contribution in [2.24, 2.45) is 0 Å². The van der Waals surface area contributed by atoms with Gasteiger partial charge in [-0.05, 0) is 18.9 Å². The molecule has 1 aromatic rings. The molecule has 1 N–H and O–H groups in total. The van der Waals surface area contributed by atoms with Gasteiger partial charge in [0.05, 0.1) is 13.0 Å². The van der Waals surface area contributed by atoms with Crippen molar-refractivity contribution in [2.45, 2.75) is 33.1 Å². The van der Waals surface area contributed by atoms with Gasteiger partial charge >= 0.3 is 5.97 Å². The van der Waals surface area contributed by atoms with Crippen LogP contribution in [0.15, 0.2) is 18.2 Å². The number of carbonyl (C=O) groups excluding carboxylic acids is 1. The monoisotopic (exact) mass is 222 g/mol. The Morgan fingerprint density at radius 3 is 2.88 bits per heavy atom. The van der Waals surface area contributed by atoms with E-state index in [1.807, 2.05) is 13.0 Å². The van der Waals surface area contributed by atoms with Gasteiger partial charge in [0.25, 0.3) is 0 Å². The number of carbonyl (C=O) groups is 1. The predicted octanol–water partition coefficient (Wildman–Crippen LogP) is 2.59. The smallest absolute Gasteiger partial charge is 0.310 e. The van der Waals surface area contributed by atoms with E-state index >= 15 is 0 Å². The van der Waals surface area contributed by atoms with Gasteiger partial charge in [-0.3, -0.25) is 4.79 Å². The van der Waals surface area contributed by atoms with Gasteiger partial charge in [-0.2, -0.15) is 0 Å². The zero-order valence-corrected chi connectivity index (χ0v) is 9.82. The summed E-state index contributed by atoms with van der Waals surface area (Å²) in [4.78, 5) is 11.4. The van der Waals surface area contributed by atoms with Crippen molar-refractivity contribution in [3.8, 4) is 5.75 Å². The quantitative estimate of drug-likeness (QED) is 0.615. The molecule has 0 saturated heterocycles. The molecule has 0 saturated carbocycles. The van der Waals surface area contributed by atoms with Crippen LogP contribution in [0.5, 0.6) is 5.75 Å². The van der Waals surface area contributed by atoms with Gasteiger partial charge in [-0.1, -0.05) is 31.5 Å². The lowest BCUT2D eigenvalue weighted by Gasteiger charge is -2.07. The largest absolute Gasteiger partial charge is 0.507 e. The topological polar surface area (TPSA) is 46.5 Å². The summed E-state index contributed by atoms with van der Waals surface area (Å²) in [6.07, 6.45) is 2.02. The second-order valence-electron chi connectivity index (χ2n) is 3.83. The van der Waals surface area contributed by atoms with Crippen LogP contribution < -0.4 is 0 Å². The van der Waals surface area contributed by atoms with Crippen LogP contribution >= 0.6 is 0 Å². The summed E-state index contributed by atoms with van der Waals surface area (Å²) < 4.78 is 5.03. The first kappa shape index (κ1) is 12.6. The number of hydrogen-bond acceptors (Lipinski definition) is 3. The first-order valence-electron chi connectivity index (χ1n) is 5.58. The van der Waals surface area contributed by atoms with E-state index in [-0.39, 0.29) is 18.1 Å². The van der Waals surface area contributed by atoms with Crippen molar-refractivity contribution in [1.82, 2.24) is 0 Å². The third-order valence-corrected chi connectivity index (χ3v) is 2.42. The highest BCUT2D eigenvalue weighted by Crippen LogP contribution is 2.21. The van der Waals surface area contributed by atoms with Crippen LogP contribution in [0.4, 0.5) is 0 Å². The molecule has 1 rings (SSSR count). The van der Waals surface area contributed by atoms with Crippen LogP contribution in [0.25, 0.3) is 0 Å². The molecule has 0 fully saturated rings. The first-order valence-corrected chi connectivity index (χ1v) is 5.58.